The summed E-state index contributed by atoms with van der Waals surface area (Å²) in [5.41, 5.74) is 1.00. The van der Waals surface area contributed by atoms with Crippen molar-refractivity contribution >= 4 is 27.5 Å². The van der Waals surface area contributed by atoms with E-state index in [1.54, 1.807) is 18.4 Å². The van der Waals surface area contributed by atoms with E-state index < -0.39 is 0 Å². The Labute approximate surface area is 167 Å². The van der Waals surface area contributed by atoms with Gasteiger partial charge in [-0.15, -0.1) is 11.3 Å². The van der Waals surface area contributed by atoms with Crippen LogP contribution in [0.2, 0.25) is 0 Å². The molecule has 0 N–H and O–H groups in total. The quantitative estimate of drug-likeness (QED) is 0.603. The summed E-state index contributed by atoms with van der Waals surface area (Å²) in [7, 11) is 1.65. The molecule has 28 heavy (non-hydrogen) atoms. The molecule has 8 heteroatoms. The number of benzene rings is 1. The molecule has 1 aliphatic rings. The lowest BCUT2D eigenvalue weighted by Gasteiger charge is -2.33. The molecular formula is C20H24N4O3S. The standard InChI is InChI=1S/C20H24N4O3S/c1-26-13-11-17-22-20(27-23-17)15-7-4-5-12-24(15)19(25)10-9-18-21-14-6-2-3-8-16(14)28-18/h2-3,6,8,15H,4-5,7,9-13H2,1H3. The normalized spacial score (nSPS) is 17.3. The Kier molecular flexibility index (Phi) is 5.97. The van der Waals surface area contributed by atoms with Crippen molar-refractivity contribution in [2.24, 2.45) is 0 Å². The summed E-state index contributed by atoms with van der Waals surface area (Å²) in [6.07, 6.45) is 4.64. The van der Waals surface area contributed by atoms with E-state index in [-0.39, 0.29) is 11.9 Å². The Morgan fingerprint density at radius 3 is 3.04 bits per heavy atom. The molecule has 4 rings (SSSR count). The molecule has 0 bridgehead atoms. The number of piperidine rings is 1. The van der Waals surface area contributed by atoms with E-state index in [2.05, 4.69) is 21.2 Å². The summed E-state index contributed by atoms with van der Waals surface area (Å²) in [5.74, 6) is 1.30. The average Bonchev–Trinajstić information content (AvgIpc) is 3.37. The molecule has 1 aliphatic heterocycles. The van der Waals surface area contributed by atoms with Gasteiger partial charge in [0.25, 0.3) is 0 Å². The van der Waals surface area contributed by atoms with Gasteiger partial charge in [0.2, 0.25) is 11.8 Å². The summed E-state index contributed by atoms with van der Waals surface area (Å²) in [6, 6.07) is 7.95. The van der Waals surface area contributed by atoms with Gasteiger partial charge in [-0.1, -0.05) is 17.3 Å². The first kappa shape index (κ1) is 19.0. The van der Waals surface area contributed by atoms with Gasteiger partial charge in [-0.2, -0.15) is 4.98 Å². The van der Waals surface area contributed by atoms with E-state index in [9.17, 15) is 4.79 Å². The smallest absolute Gasteiger partial charge is 0.249 e. The Morgan fingerprint density at radius 1 is 1.29 bits per heavy atom. The molecule has 0 spiro atoms. The maximum absolute atomic E-state index is 12.9. The molecular weight excluding hydrogens is 376 g/mol. The number of carbonyl (C=O) groups excluding carboxylic acids is 1. The monoisotopic (exact) mass is 400 g/mol. The molecule has 0 saturated carbocycles. The highest BCUT2D eigenvalue weighted by Crippen LogP contribution is 2.31. The Bertz CT molecular complexity index is 905. The third-order valence-corrected chi connectivity index (χ3v) is 6.11. The topological polar surface area (TPSA) is 81.4 Å². The number of fused-ring (bicyclic) bond motifs is 1. The molecule has 2 aromatic heterocycles. The zero-order chi connectivity index (χ0) is 19.3. The Balaban J connectivity index is 1.41. The Hall–Kier alpha value is -2.32. The van der Waals surface area contributed by atoms with E-state index >= 15 is 0 Å². The van der Waals surface area contributed by atoms with Crippen molar-refractivity contribution in [3.05, 3.63) is 41.0 Å². The van der Waals surface area contributed by atoms with Crippen LogP contribution in [-0.4, -0.2) is 46.2 Å². The van der Waals surface area contributed by atoms with Crippen LogP contribution >= 0.6 is 11.3 Å². The second kappa shape index (κ2) is 8.79. The maximum Gasteiger partial charge on any atom is 0.249 e. The summed E-state index contributed by atoms with van der Waals surface area (Å²) in [6.45, 7) is 1.29. The molecule has 1 saturated heterocycles. The van der Waals surface area contributed by atoms with Gasteiger partial charge in [0, 0.05) is 32.9 Å². The lowest BCUT2D eigenvalue weighted by Crippen LogP contribution is -2.38. The van der Waals surface area contributed by atoms with Gasteiger partial charge in [0.1, 0.15) is 6.04 Å². The second-order valence-electron chi connectivity index (χ2n) is 6.97. The van der Waals surface area contributed by atoms with Crippen molar-refractivity contribution in [1.82, 2.24) is 20.0 Å². The fourth-order valence-corrected chi connectivity index (χ4v) is 4.54. The summed E-state index contributed by atoms with van der Waals surface area (Å²) >= 11 is 1.66. The number of para-hydroxylation sites is 1. The molecule has 0 radical (unpaired) electrons. The number of aromatic nitrogens is 3. The van der Waals surface area contributed by atoms with Crippen molar-refractivity contribution in [2.45, 2.75) is 44.6 Å². The molecule has 1 atom stereocenters. The number of amides is 1. The van der Waals surface area contributed by atoms with Gasteiger partial charge in [-0.25, -0.2) is 4.98 Å². The van der Waals surface area contributed by atoms with Gasteiger partial charge in [-0.05, 0) is 31.4 Å². The number of thiazole rings is 1. The second-order valence-corrected chi connectivity index (χ2v) is 8.08. The van der Waals surface area contributed by atoms with Crippen LogP contribution in [0.1, 0.15) is 48.4 Å². The summed E-state index contributed by atoms with van der Waals surface area (Å²) < 4.78 is 11.7. The SMILES string of the molecule is COCCc1noc(C2CCCCN2C(=O)CCc2nc3ccccc3s2)n1. The molecule has 1 fully saturated rings. The van der Waals surface area contributed by atoms with E-state index in [4.69, 9.17) is 9.26 Å². The highest BCUT2D eigenvalue weighted by Gasteiger charge is 2.31. The fourth-order valence-electron chi connectivity index (χ4n) is 3.57. The minimum atomic E-state index is -0.125. The van der Waals surface area contributed by atoms with Crippen LogP contribution in [-0.2, 0) is 22.4 Å². The Morgan fingerprint density at radius 2 is 2.18 bits per heavy atom. The summed E-state index contributed by atoms with van der Waals surface area (Å²) in [4.78, 5) is 24.0. The molecule has 148 valence electrons. The number of nitrogens with zero attached hydrogens (tertiary/aromatic N) is 4. The van der Waals surface area contributed by atoms with Crippen LogP contribution in [0.15, 0.2) is 28.8 Å². The highest BCUT2D eigenvalue weighted by atomic mass is 32.1. The number of hydrogen-bond donors (Lipinski definition) is 0. The fraction of sp³-hybridized carbons (Fsp3) is 0.500. The van der Waals surface area contributed by atoms with Crippen LogP contribution in [0, 0.1) is 0 Å². The van der Waals surface area contributed by atoms with Crippen molar-refractivity contribution in [3.8, 4) is 0 Å². The lowest BCUT2D eigenvalue weighted by molar-refractivity contribution is -0.135. The van der Waals surface area contributed by atoms with E-state index in [0.29, 0.717) is 37.6 Å². The van der Waals surface area contributed by atoms with Gasteiger partial charge in [0.15, 0.2) is 5.82 Å². The highest BCUT2D eigenvalue weighted by molar-refractivity contribution is 7.18. The van der Waals surface area contributed by atoms with Gasteiger partial charge in [-0.3, -0.25) is 4.79 Å². The lowest BCUT2D eigenvalue weighted by atomic mass is 10.0. The van der Waals surface area contributed by atoms with E-state index in [0.717, 1.165) is 41.0 Å². The number of rotatable bonds is 7. The number of aryl methyl sites for hydroxylation is 1. The third kappa shape index (κ3) is 4.23. The predicted octanol–water partition coefficient (Wildman–Crippen LogP) is 3.55. The van der Waals surface area contributed by atoms with E-state index in [1.165, 1.54) is 0 Å². The zero-order valence-electron chi connectivity index (χ0n) is 16.0. The number of likely N-dealkylation sites (tertiary alicyclic amines) is 1. The summed E-state index contributed by atoms with van der Waals surface area (Å²) in [5, 5.41) is 5.03. The molecule has 3 heterocycles. The van der Waals surface area contributed by atoms with Crippen LogP contribution in [0.25, 0.3) is 10.2 Å². The van der Waals surface area contributed by atoms with Crippen molar-refractivity contribution in [3.63, 3.8) is 0 Å². The van der Waals surface area contributed by atoms with Gasteiger partial charge < -0.3 is 14.2 Å². The molecule has 1 amide bonds. The molecule has 0 aliphatic carbocycles. The largest absolute Gasteiger partial charge is 0.384 e. The molecule has 1 unspecified atom stereocenters. The van der Waals surface area contributed by atoms with Crippen LogP contribution in [0.3, 0.4) is 0 Å². The van der Waals surface area contributed by atoms with E-state index in [1.807, 2.05) is 23.1 Å². The van der Waals surface area contributed by atoms with Crippen molar-refractivity contribution < 1.29 is 14.1 Å². The maximum atomic E-state index is 12.9. The molecule has 3 aromatic rings. The number of carbonyl (C=O) groups is 1. The third-order valence-electron chi connectivity index (χ3n) is 5.01. The molecule has 7 nitrogen and oxygen atoms in total. The van der Waals surface area contributed by atoms with Gasteiger partial charge in [0.05, 0.1) is 21.8 Å². The zero-order valence-corrected chi connectivity index (χ0v) is 16.8. The number of methoxy groups -OCH3 is 1. The van der Waals surface area contributed by atoms with Crippen LogP contribution < -0.4 is 0 Å². The first-order valence-corrected chi connectivity index (χ1v) is 10.5. The minimum Gasteiger partial charge on any atom is -0.384 e. The van der Waals surface area contributed by atoms with Crippen molar-refractivity contribution in [2.75, 3.05) is 20.3 Å². The number of hydrogen-bond acceptors (Lipinski definition) is 7. The van der Waals surface area contributed by atoms with Crippen LogP contribution in [0.5, 0.6) is 0 Å². The van der Waals surface area contributed by atoms with Gasteiger partial charge >= 0.3 is 0 Å². The number of ether oxygens (including phenoxy) is 1. The first-order valence-electron chi connectivity index (χ1n) is 9.70. The van der Waals surface area contributed by atoms with Crippen molar-refractivity contribution in [1.29, 1.82) is 0 Å². The average molecular weight is 401 g/mol. The molecule has 1 aromatic carbocycles. The van der Waals surface area contributed by atoms with Crippen LogP contribution in [0.4, 0.5) is 0 Å². The minimum absolute atomic E-state index is 0.125. The predicted molar refractivity (Wildman–Crippen MR) is 106 cm³/mol. The first-order chi connectivity index (χ1) is 13.7.